The van der Waals surface area contributed by atoms with Gasteiger partial charge in [-0.05, 0) is 36.2 Å². The molecule has 5 nitrogen and oxygen atoms in total. The highest BCUT2D eigenvalue weighted by atomic mass is 79.9. The van der Waals surface area contributed by atoms with Gasteiger partial charge in [0, 0.05) is 14.9 Å². The van der Waals surface area contributed by atoms with Crippen molar-refractivity contribution in [3.63, 3.8) is 0 Å². The van der Waals surface area contributed by atoms with E-state index in [9.17, 15) is 22.8 Å². The van der Waals surface area contributed by atoms with E-state index in [0.717, 1.165) is 31.1 Å². The molecule has 0 atom stereocenters. The van der Waals surface area contributed by atoms with Crippen molar-refractivity contribution >= 4 is 49.1 Å². The standard InChI is InChI=1S/C23H17BrF3N3O2S/c1-2-17-19(13-7-9-14(24)10-8-13)20-21(33-17)28-12-30(22(20)32)11-18(31)29-16-6-4-3-5-15(16)23(25,26)27/h3-10,12H,2,11H2,1H3,(H,29,31). The van der Waals surface area contributed by atoms with E-state index in [2.05, 4.69) is 26.2 Å². The van der Waals surface area contributed by atoms with Gasteiger partial charge in [0.25, 0.3) is 5.56 Å². The van der Waals surface area contributed by atoms with E-state index in [4.69, 9.17) is 0 Å². The predicted octanol–water partition coefficient (Wildman–Crippen LogP) is 6.11. The van der Waals surface area contributed by atoms with Gasteiger partial charge in [-0.2, -0.15) is 13.2 Å². The summed E-state index contributed by atoms with van der Waals surface area (Å²) in [6, 6.07) is 12.2. The summed E-state index contributed by atoms with van der Waals surface area (Å²) in [6.45, 7) is 1.52. The van der Waals surface area contributed by atoms with Crippen molar-refractivity contribution < 1.29 is 18.0 Å². The molecule has 0 aliphatic carbocycles. The quantitative estimate of drug-likeness (QED) is 0.335. The van der Waals surface area contributed by atoms with E-state index in [0.29, 0.717) is 16.6 Å². The molecule has 0 saturated heterocycles. The van der Waals surface area contributed by atoms with Crippen LogP contribution < -0.4 is 10.9 Å². The first kappa shape index (κ1) is 23.2. The second kappa shape index (κ2) is 9.11. The maximum absolute atomic E-state index is 13.3. The number of aryl methyl sites for hydroxylation is 1. The van der Waals surface area contributed by atoms with Crippen LogP contribution in [0, 0.1) is 0 Å². The zero-order valence-corrected chi connectivity index (χ0v) is 19.6. The molecule has 2 aromatic carbocycles. The summed E-state index contributed by atoms with van der Waals surface area (Å²) < 4.78 is 41.6. The van der Waals surface area contributed by atoms with Gasteiger partial charge in [0.1, 0.15) is 11.4 Å². The number of hydrogen-bond donors (Lipinski definition) is 1. The highest BCUT2D eigenvalue weighted by Gasteiger charge is 2.33. The van der Waals surface area contributed by atoms with E-state index >= 15 is 0 Å². The Bertz CT molecular complexity index is 1400. The number of thiophene rings is 1. The number of alkyl halides is 3. The number of fused-ring (bicyclic) bond motifs is 1. The highest BCUT2D eigenvalue weighted by Crippen LogP contribution is 2.37. The summed E-state index contributed by atoms with van der Waals surface area (Å²) in [5.74, 6) is -0.758. The van der Waals surface area contributed by atoms with Gasteiger partial charge in [-0.15, -0.1) is 11.3 Å². The topological polar surface area (TPSA) is 64.0 Å². The lowest BCUT2D eigenvalue weighted by molar-refractivity contribution is -0.137. The number of hydrogen-bond acceptors (Lipinski definition) is 4. The van der Waals surface area contributed by atoms with E-state index < -0.39 is 29.8 Å². The van der Waals surface area contributed by atoms with Crippen molar-refractivity contribution in [2.24, 2.45) is 0 Å². The molecule has 2 heterocycles. The van der Waals surface area contributed by atoms with E-state index in [-0.39, 0.29) is 5.69 Å². The lowest BCUT2D eigenvalue weighted by atomic mass is 10.0. The molecule has 0 fully saturated rings. The Kier molecular flexibility index (Phi) is 6.40. The smallest absolute Gasteiger partial charge is 0.324 e. The SMILES string of the molecule is CCc1sc2ncn(CC(=O)Nc3ccccc3C(F)(F)F)c(=O)c2c1-c1ccc(Br)cc1. The average molecular weight is 536 g/mol. The molecule has 0 bridgehead atoms. The fourth-order valence-corrected chi connectivity index (χ4v) is 4.90. The van der Waals surface area contributed by atoms with Gasteiger partial charge in [-0.1, -0.05) is 47.1 Å². The van der Waals surface area contributed by atoms with Crippen molar-refractivity contribution in [3.8, 4) is 11.1 Å². The molecule has 1 amide bonds. The molecule has 33 heavy (non-hydrogen) atoms. The van der Waals surface area contributed by atoms with Crippen LogP contribution in [0.2, 0.25) is 0 Å². The lowest BCUT2D eigenvalue weighted by Crippen LogP contribution is -2.28. The molecule has 10 heteroatoms. The van der Waals surface area contributed by atoms with Crippen molar-refractivity contribution in [1.29, 1.82) is 0 Å². The van der Waals surface area contributed by atoms with Crippen LogP contribution in [0.25, 0.3) is 21.3 Å². The zero-order chi connectivity index (χ0) is 23.8. The molecule has 0 aliphatic rings. The third-order valence-corrected chi connectivity index (χ3v) is 6.80. The summed E-state index contributed by atoms with van der Waals surface area (Å²) in [5.41, 5.74) is -0.132. The van der Waals surface area contributed by atoms with Crippen LogP contribution in [-0.4, -0.2) is 15.5 Å². The number of benzene rings is 2. The number of aromatic nitrogens is 2. The Hall–Kier alpha value is -2.98. The number of para-hydroxylation sites is 1. The molecule has 4 rings (SSSR count). The van der Waals surface area contributed by atoms with Crippen molar-refractivity contribution in [1.82, 2.24) is 9.55 Å². The maximum Gasteiger partial charge on any atom is 0.418 e. The van der Waals surface area contributed by atoms with Crippen LogP contribution in [0.5, 0.6) is 0 Å². The monoisotopic (exact) mass is 535 g/mol. The van der Waals surface area contributed by atoms with E-state index in [1.165, 1.54) is 35.9 Å². The maximum atomic E-state index is 13.3. The van der Waals surface area contributed by atoms with Crippen molar-refractivity contribution in [2.45, 2.75) is 26.1 Å². The van der Waals surface area contributed by atoms with E-state index in [1.54, 1.807) is 0 Å². The molecular formula is C23H17BrF3N3O2S. The Morgan fingerprint density at radius 3 is 2.52 bits per heavy atom. The van der Waals surface area contributed by atoms with Crippen LogP contribution in [0.3, 0.4) is 0 Å². The number of nitrogens with zero attached hydrogens (tertiary/aromatic N) is 2. The van der Waals surface area contributed by atoms with Crippen LogP contribution >= 0.6 is 27.3 Å². The Balaban J connectivity index is 1.71. The number of anilines is 1. The predicted molar refractivity (Wildman–Crippen MR) is 126 cm³/mol. The summed E-state index contributed by atoms with van der Waals surface area (Å²) in [6.07, 6.45) is -2.67. The van der Waals surface area contributed by atoms with Crippen molar-refractivity contribution in [3.05, 3.63) is 80.1 Å². The van der Waals surface area contributed by atoms with Gasteiger partial charge < -0.3 is 5.32 Å². The minimum absolute atomic E-state index is 0.364. The van der Waals surface area contributed by atoms with Gasteiger partial charge in [-0.3, -0.25) is 14.2 Å². The second-order valence-corrected chi connectivity index (χ2v) is 9.21. The second-order valence-electron chi connectivity index (χ2n) is 7.21. The minimum Gasteiger partial charge on any atom is -0.324 e. The van der Waals surface area contributed by atoms with E-state index in [1.807, 2.05) is 31.2 Å². The molecule has 0 spiro atoms. The number of amides is 1. The molecular weight excluding hydrogens is 519 g/mol. The molecule has 0 saturated carbocycles. The zero-order valence-electron chi connectivity index (χ0n) is 17.2. The first-order valence-electron chi connectivity index (χ1n) is 9.92. The summed E-state index contributed by atoms with van der Waals surface area (Å²) in [7, 11) is 0. The van der Waals surface area contributed by atoms with Crippen LogP contribution in [0.15, 0.2) is 64.1 Å². The third-order valence-electron chi connectivity index (χ3n) is 5.03. The van der Waals surface area contributed by atoms with Crippen molar-refractivity contribution in [2.75, 3.05) is 5.32 Å². The normalized spacial score (nSPS) is 11.7. The van der Waals surface area contributed by atoms with Crippen LogP contribution in [0.4, 0.5) is 18.9 Å². The number of halogens is 4. The van der Waals surface area contributed by atoms with Crippen LogP contribution in [0.1, 0.15) is 17.4 Å². The van der Waals surface area contributed by atoms with Crippen LogP contribution in [-0.2, 0) is 23.9 Å². The fourth-order valence-electron chi connectivity index (χ4n) is 3.54. The molecule has 0 unspecified atom stereocenters. The largest absolute Gasteiger partial charge is 0.418 e. The third kappa shape index (κ3) is 4.72. The highest BCUT2D eigenvalue weighted by molar-refractivity contribution is 9.10. The van der Waals surface area contributed by atoms with Gasteiger partial charge in [0.2, 0.25) is 5.91 Å². The Morgan fingerprint density at radius 2 is 1.85 bits per heavy atom. The first-order chi connectivity index (χ1) is 15.7. The molecule has 2 aromatic heterocycles. The molecule has 0 radical (unpaired) electrons. The molecule has 0 aliphatic heterocycles. The number of nitrogens with one attached hydrogen (secondary N) is 1. The summed E-state index contributed by atoms with van der Waals surface area (Å²) in [4.78, 5) is 31.7. The number of carbonyl (C=O) groups excluding carboxylic acids is 1. The summed E-state index contributed by atoms with van der Waals surface area (Å²) in [5, 5.41) is 2.65. The number of carbonyl (C=O) groups is 1. The van der Waals surface area contributed by atoms with Gasteiger partial charge in [0.15, 0.2) is 0 Å². The molecule has 1 N–H and O–H groups in total. The molecule has 4 aromatic rings. The van der Waals surface area contributed by atoms with Gasteiger partial charge in [-0.25, -0.2) is 4.98 Å². The van der Waals surface area contributed by atoms with Gasteiger partial charge >= 0.3 is 6.18 Å². The average Bonchev–Trinajstić information content (AvgIpc) is 3.15. The lowest BCUT2D eigenvalue weighted by Gasteiger charge is -2.14. The Morgan fingerprint density at radius 1 is 1.15 bits per heavy atom. The number of rotatable bonds is 5. The fraction of sp³-hybridized carbons (Fsp3) is 0.174. The Labute approximate surface area is 199 Å². The first-order valence-corrected chi connectivity index (χ1v) is 11.5. The molecule has 170 valence electrons. The van der Waals surface area contributed by atoms with Gasteiger partial charge in [0.05, 0.1) is 23.0 Å². The summed E-state index contributed by atoms with van der Waals surface area (Å²) >= 11 is 4.81. The minimum atomic E-state index is -4.62.